The lowest BCUT2D eigenvalue weighted by atomic mass is 9.82. The van der Waals surface area contributed by atoms with Gasteiger partial charge in [-0.25, -0.2) is 0 Å². The predicted molar refractivity (Wildman–Crippen MR) is 137 cm³/mol. The molecular formula is C30H30O6. The summed E-state index contributed by atoms with van der Waals surface area (Å²) in [6.45, 7) is 6.53. The molecule has 0 radical (unpaired) electrons. The molecule has 0 bridgehead atoms. The molecule has 5 rings (SSSR count). The van der Waals surface area contributed by atoms with Gasteiger partial charge in [-0.2, -0.15) is 0 Å². The zero-order valence-corrected chi connectivity index (χ0v) is 20.7. The van der Waals surface area contributed by atoms with Crippen LogP contribution in [0, 0.1) is 0 Å². The molecule has 0 fully saturated rings. The van der Waals surface area contributed by atoms with Crippen molar-refractivity contribution in [2.24, 2.45) is 0 Å². The van der Waals surface area contributed by atoms with Crippen LogP contribution in [0.15, 0.2) is 66.7 Å². The summed E-state index contributed by atoms with van der Waals surface area (Å²) in [6, 6.07) is 18.3. The quantitative estimate of drug-likeness (QED) is 0.462. The van der Waals surface area contributed by atoms with Crippen LogP contribution in [0.4, 0.5) is 0 Å². The van der Waals surface area contributed by atoms with Gasteiger partial charge in [0.1, 0.15) is 41.8 Å². The van der Waals surface area contributed by atoms with E-state index in [9.17, 15) is 9.90 Å². The van der Waals surface area contributed by atoms with Gasteiger partial charge in [-0.1, -0.05) is 37.3 Å². The van der Waals surface area contributed by atoms with Crippen LogP contribution in [0.3, 0.4) is 0 Å². The van der Waals surface area contributed by atoms with E-state index in [0.29, 0.717) is 46.3 Å². The zero-order valence-electron chi connectivity index (χ0n) is 20.7. The summed E-state index contributed by atoms with van der Waals surface area (Å²) in [5, 5.41) is 11.7. The van der Waals surface area contributed by atoms with Crippen molar-refractivity contribution in [3.8, 4) is 23.0 Å². The van der Waals surface area contributed by atoms with Crippen molar-refractivity contribution in [3.63, 3.8) is 0 Å². The van der Waals surface area contributed by atoms with Gasteiger partial charge in [-0.3, -0.25) is 4.79 Å². The minimum absolute atomic E-state index is 0.247. The Morgan fingerprint density at radius 1 is 1.03 bits per heavy atom. The van der Waals surface area contributed by atoms with Crippen molar-refractivity contribution in [1.29, 1.82) is 0 Å². The molecule has 36 heavy (non-hydrogen) atoms. The Labute approximate surface area is 211 Å². The molecule has 2 heterocycles. The summed E-state index contributed by atoms with van der Waals surface area (Å²) in [5.41, 5.74) is -0.0684. The molecule has 0 spiro atoms. The first kappa shape index (κ1) is 23.9. The van der Waals surface area contributed by atoms with Crippen LogP contribution < -0.4 is 18.9 Å². The topological polar surface area (TPSA) is 74.2 Å². The second-order valence-electron chi connectivity index (χ2n) is 9.65. The molecule has 0 aromatic heterocycles. The highest BCUT2D eigenvalue weighted by molar-refractivity contribution is 6.07. The fourth-order valence-electron chi connectivity index (χ4n) is 4.44. The standard InChI is InChI=1S/C30H30O6/c1-4-16-33-21-10-12-24(26(17-21)34-18-20-8-6-5-7-9-20)30(32)19-35-27-22-14-15-29(2,3)36-25(22)13-11-23(27)28(30)31/h5-15,17,32H,4,16,18-19H2,1-3H3. The van der Waals surface area contributed by atoms with Crippen molar-refractivity contribution < 1.29 is 28.8 Å². The average molecular weight is 487 g/mol. The van der Waals surface area contributed by atoms with Crippen LogP contribution in [0.25, 0.3) is 6.08 Å². The lowest BCUT2D eigenvalue weighted by Crippen LogP contribution is -2.45. The van der Waals surface area contributed by atoms with Crippen LogP contribution in [0.5, 0.6) is 23.0 Å². The third-order valence-electron chi connectivity index (χ3n) is 6.33. The fourth-order valence-corrected chi connectivity index (χ4v) is 4.44. The highest BCUT2D eigenvalue weighted by atomic mass is 16.5. The van der Waals surface area contributed by atoms with E-state index in [2.05, 4.69) is 0 Å². The molecule has 186 valence electrons. The smallest absolute Gasteiger partial charge is 0.206 e. The number of ketones is 1. The Bertz CT molecular complexity index is 1310. The monoisotopic (exact) mass is 486 g/mol. The number of hydrogen-bond donors (Lipinski definition) is 1. The van der Waals surface area contributed by atoms with Gasteiger partial charge in [0.05, 0.1) is 17.7 Å². The van der Waals surface area contributed by atoms with E-state index in [4.69, 9.17) is 18.9 Å². The van der Waals surface area contributed by atoms with E-state index in [1.807, 2.05) is 63.3 Å². The highest BCUT2D eigenvalue weighted by Gasteiger charge is 2.47. The van der Waals surface area contributed by atoms with E-state index in [1.165, 1.54) is 0 Å². The van der Waals surface area contributed by atoms with Gasteiger partial charge < -0.3 is 24.1 Å². The van der Waals surface area contributed by atoms with E-state index in [-0.39, 0.29) is 13.2 Å². The fraction of sp³-hybridized carbons (Fsp3) is 0.300. The van der Waals surface area contributed by atoms with Gasteiger partial charge in [-0.05, 0) is 62.2 Å². The van der Waals surface area contributed by atoms with Gasteiger partial charge in [0.25, 0.3) is 0 Å². The number of ether oxygens (including phenoxy) is 4. The molecule has 3 aromatic carbocycles. The Morgan fingerprint density at radius 2 is 1.83 bits per heavy atom. The van der Waals surface area contributed by atoms with Crippen molar-refractivity contribution >= 4 is 11.9 Å². The second kappa shape index (κ2) is 9.36. The maximum Gasteiger partial charge on any atom is 0.206 e. The molecular weight excluding hydrogens is 456 g/mol. The summed E-state index contributed by atoms with van der Waals surface area (Å²) in [6.07, 6.45) is 4.69. The van der Waals surface area contributed by atoms with Crippen molar-refractivity contribution in [2.75, 3.05) is 13.2 Å². The van der Waals surface area contributed by atoms with Crippen LogP contribution in [0.2, 0.25) is 0 Å². The van der Waals surface area contributed by atoms with Crippen molar-refractivity contribution in [1.82, 2.24) is 0 Å². The number of hydrogen-bond acceptors (Lipinski definition) is 6. The molecule has 0 saturated heterocycles. The van der Waals surface area contributed by atoms with Crippen LogP contribution in [-0.4, -0.2) is 29.7 Å². The number of benzene rings is 3. The number of rotatable bonds is 7. The van der Waals surface area contributed by atoms with E-state index in [0.717, 1.165) is 12.0 Å². The number of aliphatic hydroxyl groups is 1. The lowest BCUT2D eigenvalue weighted by Gasteiger charge is -2.36. The first-order chi connectivity index (χ1) is 17.3. The van der Waals surface area contributed by atoms with Gasteiger partial charge >= 0.3 is 0 Å². The van der Waals surface area contributed by atoms with Crippen LogP contribution in [0.1, 0.15) is 54.2 Å². The van der Waals surface area contributed by atoms with Crippen LogP contribution in [-0.2, 0) is 12.2 Å². The van der Waals surface area contributed by atoms with Gasteiger partial charge in [-0.15, -0.1) is 0 Å². The SMILES string of the molecule is CCCOc1ccc(C2(O)COc3c(ccc4c3C=CC(C)(C)O4)C2=O)c(OCc2ccccc2)c1. The molecule has 2 aliphatic heterocycles. The predicted octanol–water partition coefficient (Wildman–Crippen LogP) is 5.70. The Balaban J connectivity index is 1.51. The number of carbonyl (C=O) groups is 1. The summed E-state index contributed by atoms with van der Waals surface area (Å²) >= 11 is 0. The molecule has 6 heteroatoms. The zero-order chi connectivity index (χ0) is 25.3. The molecule has 1 atom stereocenters. The van der Waals surface area contributed by atoms with Crippen molar-refractivity contribution in [3.05, 3.63) is 89.0 Å². The first-order valence-corrected chi connectivity index (χ1v) is 12.2. The number of carbonyl (C=O) groups excluding carboxylic acids is 1. The molecule has 6 nitrogen and oxygen atoms in total. The van der Waals surface area contributed by atoms with Crippen molar-refractivity contribution in [2.45, 2.75) is 45.0 Å². The molecule has 0 aliphatic carbocycles. The molecule has 2 aliphatic rings. The Hall–Kier alpha value is -3.77. The molecule has 3 aromatic rings. The van der Waals surface area contributed by atoms with Crippen LogP contribution >= 0.6 is 0 Å². The van der Waals surface area contributed by atoms with E-state index >= 15 is 0 Å². The minimum atomic E-state index is -1.92. The molecule has 1 unspecified atom stereocenters. The van der Waals surface area contributed by atoms with E-state index < -0.39 is 17.0 Å². The maximum atomic E-state index is 13.8. The third-order valence-corrected chi connectivity index (χ3v) is 6.33. The number of fused-ring (bicyclic) bond motifs is 3. The Kier molecular flexibility index (Phi) is 6.22. The average Bonchev–Trinajstić information content (AvgIpc) is 2.88. The molecule has 0 amide bonds. The Morgan fingerprint density at radius 3 is 2.61 bits per heavy atom. The maximum absolute atomic E-state index is 13.8. The van der Waals surface area contributed by atoms with Gasteiger partial charge in [0, 0.05) is 11.6 Å². The van der Waals surface area contributed by atoms with Gasteiger partial charge in [0.2, 0.25) is 5.78 Å². The number of Topliss-reactive ketones (excluding diaryl/α,β-unsaturated/α-hetero) is 1. The highest BCUT2D eigenvalue weighted by Crippen LogP contribution is 2.46. The normalized spacial score (nSPS) is 19.5. The van der Waals surface area contributed by atoms with Gasteiger partial charge in [0.15, 0.2) is 5.60 Å². The summed E-state index contributed by atoms with van der Waals surface area (Å²) in [7, 11) is 0. The lowest BCUT2D eigenvalue weighted by molar-refractivity contribution is -0.00693. The summed E-state index contributed by atoms with van der Waals surface area (Å²) in [5.74, 6) is 1.60. The molecule has 0 saturated carbocycles. The third kappa shape index (κ3) is 4.44. The largest absolute Gasteiger partial charge is 0.493 e. The minimum Gasteiger partial charge on any atom is -0.493 e. The second-order valence-corrected chi connectivity index (χ2v) is 9.65. The molecule has 1 N–H and O–H groups in total. The summed E-state index contributed by atoms with van der Waals surface area (Å²) < 4.78 is 24.0. The first-order valence-electron chi connectivity index (χ1n) is 12.2. The summed E-state index contributed by atoms with van der Waals surface area (Å²) in [4.78, 5) is 13.8. The van der Waals surface area contributed by atoms with E-state index in [1.54, 1.807) is 30.3 Å².